The molecule has 0 heterocycles. The van der Waals surface area contributed by atoms with E-state index in [-0.39, 0.29) is 19.6 Å². The lowest BCUT2D eigenvalue weighted by atomic mass is 10.2. The summed E-state index contributed by atoms with van der Waals surface area (Å²) in [5.74, 6) is -1.40. The van der Waals surface area contributed by atoms with Crippen LogP contribution in [0.4, 0.5) is 10.5 Å². The van der Waals surface area contributed by atoms with Crippen molar-refractivity contribution in [3.63, 3.8) is 0 Å². The number of carboxylic acid groups (broad SMARTS) is 1. The molecule has 130 valence electrons. The van der Waals surface area contributed by atoms with Crippen LogP contribution in [-0.4, -0.2) is 29.6 Å². The van der Waals surface area contributed by atoms with Gasteiger partial charge in [-0.3, -0.25) is 14.9 Å². The highest BCUT2D eigenvalue weighted by atomic mass is 16.5. The van der Waals surface area contributed by atoms with Gasteiger partial charge in [0.1, 0.15) is 6.61 Å². The van der Waals surface area contributed by atoms with E-state index >= 15 is 0 Å². The van der Waals surface area contributed by atoms with Crippen molar-refractivity contribution in [1.82, 2.24) is 5.32 Å². The van der Waals surface area contributed by atoms with Gasteiger partial charge in [0.15, 0.2) is 0 Å². The summed E-state index contributed by atoms with van der Waals surface area (Å²) in [7, 11) is 0. The molecule has 7 heteroatoms. The quantitative estimate of drug-likeness (QED) is 0.717. The maximum Gasteiger partial charge on any atom is 0.411 e. The molecule has 7 nitrogen and oxygen atoms in total. The van der Waals surface area contributed by atoms with Crippen LogP contribution in [-0.2, 0) is 16.1 Å². The van der Waals surface area contributed by atoms with Crippen molar-refractivity contribution in [2.45, 2.75) is 13.0 Å². The van der Waals surface area contributed by atoms with Crippen LogP contribution >= 0.6 is 0 Å². The van der Waals surface area contributed by atoms with Crippen molar-refractivity contribution >= 4 is 23.7 Å². The molecular formula is C18H18N2O5. The minimum absolute atomic E-state index is 0.0327. The van der Waals surface area contributed by atoms with Gasteiger partial charge in [0.05, 0.1) is 6.42 Å². The van der Waals surface area contributed by atoms with Gasteiger partial charge in [-0.1, -0.05) is 36.4 Å². The summed E-state index contributed by atoms with van der Waals surface area (Å²) < 4.78 is 5.11. The summed E-state index contributed by atoms with van der Waals surface area (Å²) >= 11 is 0. The molecule has 0 radical (unpaired) electrons. The fourth-order valence-corrected chi connectivity index (χ4v) is 2.00. The van der Waals surface area contributed by atoms with E-state index in [1.54, 1.807) is 18.2 Å². The third-order valence-electron chi connectivity index (χ3n) is 3.21. The fourth-order valence-electron chi connectivity index (χ4n) is 2.00. The topological polar surface area (TPSA) is 105 Å². The lowest BCUT2D eigenvalue weighted by Gasteiger charge is -2.09. The molecule has 0 aliphatic heterocycles. The average molecular weight is 342 g/mol. The van der Waals surface area contributed by atoms with Crippen molar-refractivity contribution in [2.75, 3.05) is 11.9 Å². The monoisotopic (exact) mass is 342 g/mol. The zero-order valence-electron chi connectivity index (χ0n) is 13.4. The minimum Gasteiger partial charge on any atom is -0.481 e. The molecule has 2 aromatic carbocycles. The second-order valence-corrected chi connectivity index (χ2v) is 5.17. The molecule has 2 amide bonds. The Kier molecular flexibility index (Phi) is 6.53. The van der Waals surface area contributed by atoms with Crippen LogP contribution in [0, 0.1) is 0 Å². The van der Waals surface area contributed by atoms with Gasteiger partial charge in [-0.25, -0.2) is 4.79 Å². The van der Waals surface area contributed by atoms with Crippen LogP contribution in [0.25, 0.3) is 0 Å². The van der Waals surface area contributed by atoms with E-state index in [1.165, 1.54) is 6.07 Å². The maximum absolute atomic E-state index is 11.9. The lowest BCUT2D eigenvalue weighted by Crippen LogP contribution is -2.26. The number of hydrogen-bond donors (Lipinski definition) is 3. The number of benzene rings is 2. The number of aliphatic carboxylic acids is 1. The van der Waals surface area contributed by atoms with E-state index in [9.17, 15) is 14.4 Å². The Morgan fingerprint density at radius 3 is 2.48 bits per heavy atom. The number of rotatable bonds is 7. The first kappa shape index (κ1) is 18.0. The van der Waals surface area contributed by atoms with E-state index in [4.69, 9.17) is 9.84 Å². The number of carbonyl (C=O) groups excluding carboxylic acids is 2. The highest BCUT2D eigenvalue weighted by molar-refractivity contribution is 5.96. The van der Waals surface area contributed by atoms with Gasteiger partial charge in [-0.15, -0.1) is 0 Å². The number of hydrogen-bond acceptors (Lipinski definition) is 4. The van der Waals surface area contributed by atoms with Gasteiger partial charge in [-0.05, 0) is 23.8 Å². The van der Waals surface area contributed by atoms with Crippen LogP contribution in [0.1, 0.15) is 22.3 Å². The number of ether oxygens (including phenoxy) is 1. The molecule has 0 atom stereocenters. The van der Waals surface area contributed by atoms with Crippen molar-refractivity contribution in [1.29, 1.82) is 0 Å². The highest BCUT2D eigenvalue weighted by Crippen LogP contribution is 2.11. The third-order valence-corrected chi connectivity index (χ3v) is 3.21. The molecule has 0 saturated carbocycles. The summed E-state index contributed by atoms with van der Waals surface area (Å²) in [6.07, 6.45) is -0.789. The van der Waals surface area contributed by atoms with Gasteiger partial charge in [-0.2, -0.15) is 0 Å². The van der Waals surface area contributed by atoms with Crippen LogP contribution < -0.4 is 10.6 Å². The van der Waals surface area contributed by atoms with Crippen LogP contribution in [0.2, 0.25) is 0 Å². The van der Waals surface area contributed by atoms with Gasteiger partial charge < -0.3 is 15.2 Å². The first-order chi connectivity index (χ1) is 12.0. The standard InChI is InChI=1S/C18H18N2O5/c21-16(22)9-10-19-17(23)14-7-4-8-15(11-14)20-18(24)25-12-13-5-2-1-3-6-13/h1-8,11H,9-10,12H2,(H,19,23)(H,20,24)(H,21,22). The maximum atomic E-state index is 11.9. The smallest absolute Gasteiger partial charge is 0.411 e. The molecule has 0 spiro atoms. The molecule has 0 unspecified atom stereocenters. The summed E-state index contributed by atoms with van der Waals surface area (Å²) in [5.41, 5.74) is 1.58. The molecule has 0 aliphatic carbocycles. The van der Waals surface area contributed by atoms with Crippen molar-refractivity contribution in [2.24, 2.45) is 0 Å². The van der Waals surface area contributed by atoms with Crippen LogP contribution in [0.5, 0.6) is 0 Å². The normalized spacial score (nSPS) is 9.92. The molecule has 3 N–H and O–H groups in total. The summed E-state index contributed by atoms with van der Waals surface area (Å²) in [6, 6.07) is 15.5. The molecule has 25 heavy (non-hydrogen) atoms. The van der Waals surface area contributed by atoms with Crippen LogP contribution in [0.3, 0.4) is 0 Å². The molecule has 0 saturated heterocycles. The summed E-state index contributed by atoms with van der Waals surface area (Å²) in [5, 5.41) is 13.6. The Balaban J connectivity index is 1.86. The van der Waals surface area contributed by atoms with Crippen molar-refractivity contribution < 1.29 is 24.2 Å². The SMILES string of the molecule is O=C(O)CCNC(=O)c1cccc(NC(=O)OCc2ccccc2)c1. The van der Waals surface area contributed by atoms with E-state index in [0.717, 1.165) is 5.56 Å². The molecule has 0 bridgehead atoms. The van der Waals surface area contributed by atoms with E-state index < -0.39 is 18.0 Å². The Labute approximate surface area is 144 Å². The first-order valence-corrected chi connectivity index (χ1v) is 7.62. The largest absolute Gasteiger partial charge is 0.481 e. The minimum atomic E-state index is -0.989. The fraction of sp³-hybridized carbons (Fsp3) is 0.167. The Morgan fingerprint density at radius 2 is 1.76 bits per heavy atom. The number of carbonyl (C=O) groups is 3. The number of nitrogens with one attached hydrogen (secondary N) is 2. The van der Waals surface area contributed by atoms with Gasteiger partial charge in [0.25, 0.3) is 5.91 Å². The van der Waals surface area contributed by atoms with Gasteiger partial charge >= 0.3 is 12.1 Å². The Hall–Kier alpha value is -3.35. The number of carboxylic acids is 1. The molecule has 2 rings (SSSR count). The predicted octanol–water partition coefficient (Wildman–Crippen LogP) is 2.64. The second kappa shape index (κ2) is 9.07. The lowest BCUT2D eigenvalue weighted by molar-refractivity contribution is -0.136. The second-order valence-electron chi connectivity index (χ2n) is 5.17. The zero-order valence-corrected chi connectivity index (χ0v) is 13.4. The average Bonchev–Trinajstić information content (AvgIpc) is 2.61. The molecule has 0 aromatic heterocycles. The third kappa shape index (κ3) is 6.34. The predicted molar refractivity (Wildman–Crippen MR) is 91.3 cm³/mol. The first-order valence-electron chi connectivity index (χ1n) is 7.62. The Bertz CT molecular complexity index is 746. The molecule has 2 aromatic rings. The van der Waals surface area contributed by atoms with Crippen molar-refractivity contribution in [3.05, 3.63) is 65.7 Å². The van der Waals surface area contributed by atoms with E-state index in [1.807, 2.05) is 30.3 Å². The molecule has 0 aliphatic rings. The molecule has 0 fully saturated rings. The summed E-state index contributed by atoms with van der Waals surface area (Å²) in [6.45, 7) is 0.174. The highest BCUT2D eigenvalue weighted by Gasteiger charge is 2.09. The van der Waals surface area contributed by atoms with Gasteiger partial charge in [0, 0.05) is 17.8 Å². The van der Waals surface area contributed by atoms with Gasteiger partial charge in [0.2, 0.25) is 0 Å². The van der Waals surface area contributed by atoms with Crippen molar-refractivity contribution in [3.8, 4) is 0 Å². The zero-order chi connectivity index (χ0) is 18.1. The molecular weight excluding hydrogens is 324 g/mol. The van der Waals surface area contributed by atoms with Crippen LogP contribution in [0.15, 0.2) is 54.6 Å². The number of anilines is 1. The summed E-state index contributed by atoms with van der Waals surface area (Å²) in [4.78, 5) is 34.2. The number of amides is 2. The van der Waals surface area contributed by atoms with E-state index in [2.05, 4.69) is 10.6 Å². The Morgan fingerprint density at radius 1 is 1.00 bits per heavy atom. The van der Waals surface area contributed by atoms with E-state index in [0.29, 0.717) is 11.3 Å².